The van der Waals surface area contributed by atoms with Gasteiger partial charge in [0.1, 0.15) is 0 Å². The van der Waals surface area contributed by atoms with Crippen molar-refractivity contribution < 1.29 is 9.47 Å². The molecule has 0 bridgehead atoms. The Labute approximate surface area is 106 Å². The summed E-state index contributed by atoms with van der Waals surface area (Å²) in [6, 6.07) is 0.586. The van der Waals surface area contributed by atoms with Crippen LogP contribution in [0.1, 0.15) is 26.7 Å². The first-order chi connectivity index (χ1) is 8.24. The molecule has 1 heterocycles. The third kappa shape index (κ3) is 4.54. The van der Waals surface area contributed by atoms with Gasteiger partial charge >= 0.3 is 0 Å². The Balaban J connectivity index is 2.35. The van der Waals surface area contributed by atoms with E-state index in [1.165, 1.54) is 12.8 Å². The van der Waals surface area contributed by atoms with E-state index in [0.29, 0.717) is 6.04 Å². The lowest BCUT2D eigenvalue weighted by Gasteiger charge is -2.23. The molecule has 0 aromatic carbocycles. The minimum Gasteiger partial charge on any atom is -0.377 e. The summed E-state index contributed by atoms with van der Waals surface area (Å²) < 4.78 is 10.9. The van der Waals surface area contributed by atoms with Crippen LogP contribution in [0.25, 0.3) is 0 Å². The van der Waals surface area contributed by atoms with Crippen molar-refractivity contribution in [3.8, 4) is 0 Å². The van der Waals surface area contributed by atoms with Crippen molar-refractivity contribution in [1.29, 1.82) is 0 Å². The van der Waals surface area contributed by atoms with E-state index in [4.69, 9.17) is 9.47 Å². The molecule has 3 unspecified atom stereocenters. The van der Waals surface area contributed by atoms with Crippen molar-refractivity contribution in [3.05, 3.63) is 0 Å². The standard InChI is InChI=1S/C13H28N2O2/c1-5-7-14-11(6-2)8-15-9-12(16-3)13(10-15)17-4/h11-14H,5-10H2,1-4H3. The van der Waals surface area contributed by atoms with Crippen molar-refractivity contribution in [2.45, 2.75) is 44.9 Å². The van der Waals surface area contributed by atoms with E-state index in [1.807, 2.05) is 0 Å². The second-order valence-electron chi connectivity index (χ2n) is 4.83. The quantitative estimate of drug-likeness (QED) is 0.693. The number of methoxy groups -OCH3 is 2. The predicted octanol–water partition coefficient (Wildman–Crippen LogP) is 1.11. The molecule has 1 N–H and O–H groups in total. The molecule has 0 spiro atoms. The summed E-state index contributed by atoms with van der Waals surface area (Å²) >= 11 is 0. The first kappa shape index (κ1) is 14.9. The van der Waals surface area contributed by atoms with Gasteiger partial charge in [-0.1, -0.05) is 13.8 Å². The summed E-state index contributed by atoms with van der Waals surface area (Å²) in [5, 5.41) is 3.59. The molecule has 0 aliphatic carbocycles. The Bertz CT molecular complexity index is 190. The molecular formula is C13H28N2O2. The highest BCUT2D eigenvalue weighted by atomic mass is 16.5. The fraction of sp³-hybridized carbons (Fsp3) is 1.00. The van der Waals surface area contributed by atoms with Crippen molar-refractivity contribution in [1.82, 2.24) is 10.2 Å². The summed E-state index contributed by atoms with van der Waals surface area (Å²) in [5.74, 6) is 0. The van der Waals surface area contributed by atoms with Crippen LogP contribution in [0.3, 0.4) is 0 Å². The molecule has 0 radical (unpaired) electrons. The van der Waals surface area contributed by atoms with E-state index >= 15 is 0 Å². The second kappa shape index (κ2) is 8.03. The average Bonchev–Trinajstić information content (AvgIpc) is 2.76. The molecule has 0 amide bonds. The summed E-state index contributed by atoms with van der Waals surface area (Å²) in [5.41, 5.74) is 0. The molecule has 1 aliphatic heterocycles. The highest BCUT2D eigenvalue weighted by Gasteiger charge is 2.33. The molecule has 1 fully saturated rings. The van der Waals surface area contributed by atoms with Gasteiger partial charge in [0.2, 0.25) is 0 Å². The molecule has 102 valence electrons. The number of ether oxygens (including phenoxy) is 2. The van der Waals surface area contributed by atoms with Crippen LogP contribution in [0, 0.1) is 0 Å². The number of nitrogens with one attached hydrogen (secondary N) is 1. The zero-order valence-corrected chi connectivity index (χ0v) is 11.7. The molecular weight excluding hydrogens is 216 g/mol. The number of hydrogen-bond donors (Lipinski definition) is 1. The van der Waals surface area contributed by atoms with Crippen LogP contribution in [0.2, 0.25) is 0 Å². The maximum absolute atomic E-state index is 5.45. The van der Waals surface area contributed by atoms with Gasteiger partial charge in [0.05, 0.1) is 12.2 Å². The molecule has 17 heavy (non-hydrogen) atoms. The largest absolute Gasteiger partial charge is 0.377 e. The van der Waals surface area contributed by atoms with Crippen molar-refractivity contribution in [3.63, 3.8) is 0 Å². The Kier molecular flexibility index (Phi) is 7.04. The number of hydrogen-bond acceptors (Lipinski definition) is 4. The zero-order chi connectivity index (χ0) is 12.7. The van der Waals surface area contributed by atoms with Crippen molar-refractivity contribution in [2.24, 2.45) is 0 Å². The monoisotopic (exact) mass is 244 g/mol. The summed E-state index contributed by atoms with van der Waals surface area (Å²) in [6.07, 6.45) is 2.82. The molecule has 4 heteroatoms. The Morgan fingerprint density at radius 2 is 1.76 bits per heavy atom. The van der Waals surface area contributed by atoms with Gasteiger partial charge in [0.15, 0.2) is 0 Å². The highest BCUT2D eigenvalue weighted by molar-refractivity contribution is 4.87. The minimum atomic E-state index is 0.226. The van der Waals surface area contributed by atoms with E-state index in [-0.39, 0.29) is 12.2 Å². The summed E-state index contributed by atoms with van der Waals surface area (Å²) in [7, 11) is 3.54. The first-order valence-corrected chi connectivity index (χ1v) is 6.76. The van der Waals surface area contributed by atoms with Crippen LogP contribution in [0.5, 0.6) is 0 Å². The maximum Gasteiger partial charge on any atom is 0.0971 e. The van der Waals surface area contributed by atoms with Gasteiger partial charge in [-0.2, -0.15) is 0 Å². The van der Waals surface area contributed by atoms with Gasteiger partial charge in [-0.25, -0.2) is 0 Å². The van der Waals surface area contributed by atoms with E-state index in [2.05, 4.69) is 24.1 Å². The number of likely N-dealkylation sites (tertiary alicyclic amines) is 1. The molecule has 1 aliphatic rings. The summed E-state index contributed by atoms with van der Waals surface area (Å²) in [6.45, 7) is 8.62. The highest BCUT2D eigenvalue weighted by Crippen LogP contribution is 2.16. The van der Waals surface area contributed by atoms with Gasteiger partial charge in [0.25, 0.3) is 0 Å². The SMILES string of the molecule is CCCNC(CC)CN1CC(OC)C(OC)C1. The number of nitrogens with zero attached hydrogens (tertiary/aromatic N) is 1. The van der Waals surface area contributed by atoms with Gasteiger partial charge in [0, 0.05) is 39.9 Å². The Hall–Kier alpha value is -0.160. The molecule has 1 saturated heterocycles. The zero-order valence-electron chi connectivity index (χ0n) is 11.7. The van der Waals surface area contributed by atoms with E-state index in [0.717, 1.165) is 26.2 Å². The van der Waals surface area contributed by atoms with Crippen LogP contribution in [0.15, 0.2) is 0 Å². The van der Waals surface area contributed by atoms with E-state index < -0.39 is 0 Å². The lowest BCUT2D eigenvalue weighted by molar-refractivity contribution is -0.00461. The lowest BCUT2D eigenvalue weighted by Crippen LogP contribution is -2.40. The molecule has 0 aromatic rings. The second-order valence-corrected chi connectivity index (χ2v) is 4.83. The number of rotatable bonds is 8. The third-order valence-electron chi connectivity index (χ3n) is 3.55. The minimum absolute atomic E-state index is 0.226. The van der Waals surface area contributed by atoms with E-state index in [9.17, 15) is 0 Å². The van der Waals surface area contributed by atoms with Crippen molar-refractivity contribution >= 4 is 0 Å². The fourth-order valence-corrected chi connectivity index (χ4v) is 2.42. The van der Waals surface area contributed by atoms with Gasteiger partial charge in [-0.3, -0.25) is 4.90 Å². The van der Waals surface area contributed by atoms with Crippen LogP contribution in [-0.2, 0) is 9.47 Å². The molecule has 0 aromatic heterocycles. The Morgan fingerprint density at radius 3 is 2.18 bits per heavy atom. The predicted molar refractivity (Wildman–Crippen MR) is 70.4 cm³/mol. The molecule has 3 atom stereocenters. The van der Waals surface area contributed by atoms with Crippen LogP contribution in [-0.4, -0.2) is 63.5 Å². The Morgan fingerprint density at radius 1 is 1.18 bits per heavy atom. The summed E-state index contributed by atoms with van der Waals surface area (Å²) in [4.78, 5) is 2.44. The fourth-order valence-electron chi connectivity index (χ4n) is 2.42. The van der Waals surface area contributed by atoms with Gasteiger partial charge < -0.3 is 14.8 Å². The topological polar surface area (TPSA) is 33.7 Å². The first-order valence-electron chi connectivity index (χ1n) is 6.76. The van der Waals surface area contributed by atoms with Gasteiger partial charge in [-0.05, 0) is 19.4 Å². The lowest BCUT2D eigenvalue weighted by atomic mass is 10.2. The maximum atomic E-state index is 5.45. The van der Waals surface area contributed by atoms with Crippen LogP contribution >= 0.6 is 0 Å². The molecule has 4 nitrogen and oxygen atoms in total. The van der Waals surface area contributed by atoms with Crippen molar-refractivity contribution in [2.75, 3.05) is 40.4 Å². The third-order valence-corrected chi connectivity index (χ3v) is 3.55. The normalized spacial score (nSPS) is 27.5. The molecule has 0 saturated carbocycles. The average molecular weight is 244 g/mol. The van der Waals surface area contributed by atoms with Crippen LogP contribution in [0.4, 0.5) is 0 Å². The molecule has 1 rings (SSSR count). The van der Waals surface area contributed by atoms with Gasteiger partial charge in [-0.15, -0.1) is 0 Å². The van der Waals surface area contributed by atoms with E-state index in [1.54, 1.807) is 14.2 Å². The van der Waals surface area contributed by atoms with Crippen LogP contribution < -0.4 is 5.32 Å². The smallest absolute Gasteiger partial charge is 0.0971 e.